The van der Waals surface area contributed by atoms with E-state index in [0.29, 0.717) is 0 Å². The van der Waals surface area contributed by atoms with Crippen molar-refractivity contribution in [1.82, 2.24) is 10.2 Å². The van der Waals surface area contributed by atoms with Gasteiger partial charge in [-0.15, -0.1) is 0 Å². The highest BCUT2D eigenvalue weighted by molar-refractivity contribution is 5.59. The van der Waals surface area contributed by atoms with Gasteiger partial charge in [0.15, 0.2) is 0 Å². The fourth-order valence-electron chi connectivity index (χ4n) is 0.661. The molecule has 0 saturated carbocycles. The lowest BCUT2D eigenvalue weighted by molar-refractivity contribution is 0.157. The van der Waals surface area contributed by atoms with Crippen LogP contribution in [0, 0.1) is 0 Å². The predicted octanol–water partition coefficient (Wildman–Crippen LogP) is -1.46. The minimum absolute atomic E-state index is 0.0329. The normalized spacial score (nSPS) is 9.91. The number of nitrogen functional groups attached to an aromatic ring is 1. The second-order valence-electron chi connectivity index (χ2n) is 1.86. The summed E-state index contributed by atoms with van der Waals surface area (Å²) in [5.74, 6) is 4.95. The molecule has 0 saturated heterocycles. The number of aromatic amines is 2. The largest absolute Gasteiger partial charge is 0.382 e. The number of nitrogens with two attached hydrogens (primary N) is 2. The third-order valence-corrected chi connectivity index (χ3v) is 1.14. The zero-order chi connectivity index (χ0) is 8.27. The van der Waals surface area contributed by atoms with E-state index in [4.69, 9.17) is 11.6 Å². The monoisotopic (exact) mass is 159 g/mol. The summed E-state index contributed by atoms with van der Waals surface area (Å²) < 4.78 is 0. The van der Waals surface area contributed by atoms with Crippen molar-refractivity contribution in [3.63, 3.8) is 0 Å². The first-order valence-corrected chi connectivity index (χ1v) is 2.87. The molecule has 0 aromatic carbocycles. The molecule has 0 radical (unpaired) electrons. The predicted molar refractivity (Wildman–Crippen MR) is 39.6 cm³/mol. The van der Waals surface area contributed by atoms with Crippen LogP contribution in [0.5, 0.6) is 0 Å². The van der Waals surface area contributed by atoms with E-state index in [2.05, 4.69) is 20.4 Å². The van der Waals surface area contributed by atoms with Gasteiger partial charge in [-0.25, -0.2) is 5.90 Å². The third-order valence-electron chi connectivity index (χ3n) is 1.14. The van der Waals surface area contributed by atoms with Gasteiger partial charge in [0.05, 0.1) is 0 Å². The van der Waals surface area contributed by atoms with E-state index in [0.717, 1.165) is 0 Å². The highest BCUT2D eigenvalue weighted by atomic mass is 16.6. The number of H-pyrrole nitrogens is 2. The highest BCUT2D eigenvalue weighted by Gasteiger charge is 2.03. The van der Waals surface area contributed by atoms with Gasteiger partial charge in [-0.2, -0.15) is 0 Å². The van der Waals surface area contributed by atoms with Crippen molar-refractivity contribution in [3.8, 4) is 0 Å². The van der Waals surface area contributed by atoms with Gasteiger partial charge >= 0.3 is 0 Å². The maximum absolute atomic E-state index is 10.8. The molecule has 7 nitrogen and oxygen atoms in total. The average Bonchev–Trinajstić information content (AvgIpc) is 2.29. The quantitative estimate of drug-likeness (QED) is 0.272. The van der Waals surface area contributed by atoms with Crippen molar-refractivity contribution in [2.24, 2.45) is 5.90 Å². The molecule has 11 heavy (non-hydrogen) atoms. The van der Waals surface area contributed by atoms with Gasteiger partial charge in [0.2, 0.25) is 0 Å². The van der Waals surface area contributed by atoms with E-state index in [9.17, 15) is 4.79 Å². The van der Waals surface area contributed by atoms with Crippen molar-refractivity contribution in [1.29, 1.82) is 0 Å². The first kappa shape index (κ1) is 7.63. The van der Waals surface area contributed by atoms with Crippen LogP contribution < -0.4 is 22.5 Å². The van der Waals surface area contributed by atoms with Crippen LogP contribution in [0.15, 0.2) is 4.79 Å². The molecule has 0 aliphatic carbocycles. The molecule has 0 spiro atoms. The minimum atomic E-state index is -0.334. The summed E-state index contributed by atoms with van der Waals surface area (Å²) in [7, 11) is 0. The van der Waals surface area contributed by atoms with E-state index in [1.54, 1.807) is 0 Å². The Bertz CT molecular complexity index is 276. The lowest BCUT2D eigenvalue weighted by atomic mass is 10.5. The standard InChI is InChI=1S/C4H9N5O2/c5-3-2(7-1-11-6)4(10)9-8-3/h7H,1,6H2,(H4,5,8,9,10). The molecule has 7 N–H and O–H groups in total. The first-order valence-electron chi connectivity index (χ1n) is 2.87. The third kappa shape index (κ3) is 1.51. The van der Waals surface area contributed by atoms with Gasteiger partial charge in [0, 0.05) is 0 Å². The van der Waals surface area contributed by atoms with Crippen LogP contribution >= 0.6 is 0 Å². The molecule has 0 unspecified atom stereocenters. The molecule has 0 bridgehead atoms. The second-order valence-corrected chi connectivity index (χ2v) is 1.86. The summed E-state index contributed by atoms with van der Waals surface area (Å²) in [5.41, 5.74) is 5.23. The Hall–Kier alpha value is -1.47. The zero-order valence-electron chi connectivity index (χ0n) is 5.68. The van der Waals surface area contributed by atoms with Crippen molar-refractivity contribution < 1.29 is 4.84 Å². The van der Waals surface area contributed by atoms with E-state index < -0.39 is 0 Å². The maximum atomic E-state index is 10.8. The van der Waals surface area contributed by atoms with Gasteiger partial charge in [0.25, 0.3) is 5.56 Å². The lowest BCUT2D eigenvalue weighted by Gasteiger charge is -1.99. The molecule has 0 amide bonds. The van der Waals surface area contributed by atoms with Crippen LogP contribution in [0.4, 0.5) is 11.5 Å². The van der Waals surface area contributed by atoms with Gasteiger partial charge in [-0.05, 0) is 0 Å². The summed E-state index contributed by atoms with van der Waals surface area (Å²) in [5, 5.41) is 7.27. The van der Waals surface area contributed by atoms with E-state index >= 15 is 0 Å². The van der Waals surface area contributed by atoms with Crippen LogP contribution in [0.2, 0.25) is 0 Å². The SMILES string of the molecule is NOCNc1c(N)[nH][nH]c1=O. The Morgan fingerprint density at radius 2 is 2.27 bits per heavy atom. The van der Waals surface area contributed by atoms with E-state index in [1.807, 2.05) is 0 Å². The van der Waals surface area contributed by atoms with Gasteiger partial charge < -0.3 is 11.1 Å². The van der Waals surface area contributed by atoms with Crippen molar-refractivity contribution in [3.05, 3.63) is 10.4 Å². The van der Waals surface area contributed by atoms with Crippen molar-refractivity contribution >= 4 is 11.5 Å². The van der Waals surface area contributed by atoms with Gasteiger partial charge in [-0.3, -0.25) is 19.8 Å². The fourth-order valence-corrected chi connectivity index (χ4v) is 0.661. The smallest absolute Gasteiger partial charge is 0.289 e. The molecule has 1 rings (SSSR count). The fraction of sp³-hybridized carbons (Fsp3) is 0.250. The molecule has 0 aliphatic rings. The van der Waals surface area contributed by atoms with Crippen LogP contribution in [-0.2, 0) is 4.84 Å². The summed E-state index contributed by atoms with van der Waals surface area (Å²) in [4.78, 5) is 15.0. The number of aromatic nitrogens is 2. The molecular weight excluding hydrogens is 150 g/mol. The van der Waals surface area contributed by atoms with Crippen molar-refractivity contribution in [2.45, 2.75) is 0 Å². The molecule has 0 aliphatic heterocycles. The number of nitrogens with one attached hydrogen (secondary N) is 3. The Labute approximate surface area is 61.7 Å². The molecule has 0 fully saturated rings. The van der Waals surface area contributed by atoms with Crippen LogP contribution in [-0.4, -0.2) is 16.9 Å². The number of rotatable bonds is 3. The Balaban J connectivity index is 2.75. The summed E-state index contributed by atoms with van der Waals surface area (Å²) in [6.07, 6.45) is 0. The molecule has 7 heteroatoms. The van der Waals surface area contributed by atoms with E-state index in [1.165, 1.54) is 0 Å². The van der Waals surface area contributed by atoms with Gasteiger partial charge in [-0.1, -0.05) is 0 Å². The van der Waals surface area contributed by atoms with Crippen LogP contribution in [0.25, 0.3) is 0 Å². The maximum Gasteiger partial charge on any atom is 0.289 e. The zero-order valence-corrected chi connectivity index (χ0v) is 5.68. The Morgan fingerprint density at radius 1 is 1.55 bits per heavy atom. The molecular formula is C4H9N5O2. The molecule has 1 aromatic rings. The second kappa shape index (κ2) is 3.08. The summed E-state index contributed by atoms with van der Waals surface area (Å²) >= 11 is 0. The van der Waals surface area contributed by atoms with Crippen LogP contribution in [0.1, 0.15) is 0 Å². The Morgan fingerprint density at radius 3 is 2.73 bits per heavy atom. The Kier molecular flexibility index (Phi) is 2.14. The molecule has 1 aromatic heterocycles. The summed E-state index contributed by atoms with van der Waals surface area (Å²) in [6.45, 7) is 0.0329. The van der Waals surface area contributed by atoms with E-state index in [-0.39, 0.29) is 23.8 Å². The first-order chi connectivity index (χ1) is 5.25. The average molecular weight is 159 g/mol. The van der Waals surface area contributed by atoms with Crippen LogP contribution in [0.3, 0.4) is 0 Å². The van der Waals surface area contributed by atoms with Gasteiger partial charge in [0.1, 0.15) is 18.2 Å². The minimum Gasteiger partial charge on any atom is -0.382 e. The van der Waals surface area contributed by atoms with Crippen molar-refractivity contribution in [2.75, 3.05) is 17.8 Å². The highest BCUT2D eigenvalue weighted by Crippen LogP contribution is 2.05. The lowest BCUT2D eigenvalue weighted by Crippen LogP contribution is -2.15. The summed E-state index contributed by atoms with van der Waals surface area (Å²) in [6, 6.07) is 0. The molecule has 62 valence electrons. The number of hydrogen-bond acceptors (Lipinski definition) is 5. The molecule has 0 atom stereocenters. The number of anilines is 2. The molecule has 1 heterocycles. The topological polar surface area (TPSA) is 122 Å². The number of hydrogen-bond donors (Lipinski definition) is 5.